The van der Waals surface area contributed by atoms with Crippen LogP contribution in [0.3, 0.4) is 0 Å². The van der Waals surface area contributed by atoms with Gasteiger partial charge in [-0.15, -0.1) is 10.2 Å². The van der Waals surface area contributed by atoms with Crippen LogP contribution in [0, 0.1) is 11.3 Å². The third-order valence-electron chi connectivity index (χ3n) is 2.91. The maximum Gasteiger partial charge on any atom is 0.277 e. The van der Waals surface area contributed by atoms with Gasteiger partial charge in [-0.2, -0.15) is 5.26 Å². The largest absolute Gasteiger partial charge is 0.416 e. The summed E-state index contributed by atoms with van der Waals surface area (Å²) >= 11 is 1.27. The highest BCUT2D eigenvalue weighted by Gasteiger charge is 2.30. The van der Waals surface area contributed by atoms with Gasteiger partial charge < -0.3 is 9.32 Å². The first-order valence-electron chi connectivity index (χ1n) is 6.23. The number of carbonyl (C=O) groups excluding carboxylic acids is 1. The lowest BCUT2D eigenvalue weighted by atomic mass is 10.3. The average molecular weight is 280 g/mol. The number of rotatable bonds is 6. The fraction of sp³-hybridized carbons (Fsp3) is 0.667. The van der Waals surface area contributed by atoms with Crippen LogP contribution >= 0.6 is 11.8 Å². The molecule has 1 aromatic heterocycles. The van der Waals surface area contributed by atoms with Crippen LogP contribution in [0.15, 0.2) is 9.64 Å². The third-order valence-corrected chi connectivity index (χ3v) is 3.83. The predicted octanol–water partition coefficient (Wildman–Crippen LogP) is 1.80. The fourth-order valence-corrected chi connectivity index (χ4v) is 2.41. The summed E-state index contributed by atoms with van der Waals surface area (Å²) in [5, 5.41) is 16.6. The summed E-state index contributed by atoms with van der Waals surface area (Å²) in [5.74, 6) is 1.07. The van der Waals surface area contributed by atoms with E-state index in [0.717, 1.165) is 12.8 Å². The molecule has 0 spiro atoms. The Morgan fingerprint density at radius 3 is 3.00 bits per heavy atom. The molecule has 1 aliphatic rings. The predicted molar refractivity (Wildman–Crippen MR) is 69.5 cm³/mol. The normalized spacial score (nSPS) is 15.8. The van der Waals surface area contributed by atoms with E-state index in [1.165, 1.54) is 11.8 Å². The summed E-state index contributed by atoms with van der Waals surface area (Å²) in [4.78, 5) is 13.6. The molecule has 0 unspecified atom stereocenters. The summed E-state index contributed by atoms with van der Waals surface area (Å²) in [6.07, 6.45) is 2.56. The zero-order valence-electron chi connectivity index (χ0n) is 11.0. The number of amides is 1. The minimum absolute atomic E-state index is 0.0357. The summed E-state index contributed by atoms with van der Waals surface area (Å²) < 4.78 is 5.51. The number of nitriles is 1. The Morgan fingerprint density at radius 1 is 1.63 bits per heavy atom. The molecule has 1 atom stereocenters. The molecule has 0 saturated heterocycles. The zero-order valence-corrected chi connectivity index (χ0v) is 11.8. The number of nitrogens with zero attached hydrogens (tertiary/aromatic N) is 4. The summed E-state index contributed by atoms with van der Waals surface area (Å²) in [6.45, 7) is 2.24. The van der Waals surface area contributed by atoms with E-state index in [0.29, 0.717) is 30.0 Å². The van der Waals surface area contributed by atoms with Crippen molar-refractivity contribution in [1.82, 2.24) is 15.1 Å². The van der Waals surface area contributed by atoms with Crippen molar-refractivity contribution >= 4 is 17.7 Å². The van der Waals surface area contributed by atoms with Crippen LogP contribution in [0.5, 0.6) is 0 Å². The van der Waals surface area contributed by atoms with E-state index < -0.39 is 0 Å². The van der Waals surface area contributed by atoms with Crippen molar-refractivity contribution in [2.75, 3.05) is 13.6 Å². The van der Waals surface area contributed by atoms with Crippen LogP contribution < -0.4 is 0 Å². The van der Waals surface area contributed by atoms with Crippen LogP contribution in [0.1, 0.15) is 38.0 Å². The van der Waals surface area contributed by atoms with Gasteiger partial charge in [0, 0.05) is 19.5 Å². The average Bonchev–Trinajstić information content (AvgIpc) is 3.16. The van der Waals surface area contributed by atoms with Gasteiger partial charge in [-0.25, -0.2) is 0 Å². The standard InChI is InChI=1S/C12H16N4O2S/c1-8(11(17)16(2)7-3-6-13)19-12-15-14-10(18-12)9-4-5-9/h8-9H,3-5,7H2,1-2H3/t8-/m1/s1. The molecule has 2 rings (SSSR count). The van der Waals surface area contributed by atoms with Crippen molar-refractivity contribution in [2.45, 2.75) is 42.6 Å². The Bertz CT molecular complexity index is 492. The molecular weight excluding hydrogens is 264 g/mol. The molecule has 7 heteroatoms. The van der Waals surface area contributed by atoms with Gasteiger partial charge in [0.2, 0.25) is 11.8 Å². The minimum Gasteiger partial charge on any atom is -0.416 e. The molecule has 0 aromatic carbocycles. The Kier molecular flexibility index (Phi) is 4.43. The quantitative estimate of drug-likeness (QED) is 0.739. The molecule has 19 heavy (non-hydrogen) atoms. The highest BCUT2D eigenvalue weighted by atomic mass is 32.2. The van der Waals surface area contributed by atoms with Crippen LogP contribution in [-0.4, -0.2) is 39.8 Å². The lowest BCUT2D eigenvalue weighted by molar-refractivity contribution is -0.128. The monoisotopic (exact) mass is 280 g/mol. The number of hydrogen-bond acceptors (Lipinski definition) is 6. The highest BCUT2D eigenvalue weighted by Crippen LogP contribution is 2.40. The van der Waals surface area contributed by atoms with Crippen molar-refractivity contribution in [1.29, 1.82) is 5.26 Å². The Hall–Kier alpha value is -1.55. The summed E-state index contributed by atoms with van der Waals surface area (Å²) in [7, 11) is 1.69. The molecule has 0 N–H and O–H groups in total. The van der Waals surface area contributed by atoms with Crippen LogP contribution in [0.4, 0.5) is 0 Å². The third kappa shape index (κ3) is 3.70. The molecule has 0 radical (unpaired) electrons. The van der Waals surface area contributed by atoms with E-state index in [4.69, 9.17) is 9.68 Å². The summed E-state index contributed by atoms with van der Waals surface area (Å²) in [6, 6.07) is 2.02. The van der Waals surface area contributed by atoms with Gasteiger partial charge in [0.1, 0.15) is 0 Å². The molecule has 1 aromatic rings. The van der Waals surface area contributed by atoms with E-state index in [2.05, 4.69) is 10.2 Å². The topological polar surface area (TPSA) is 83.0 Å². The van der Waals surface area contributed by atoms with E-state index >= 15 is 0 Å². The van der Waals surface area contributed by atoms with Gasteiger partial charge in [-0.05, 0) is 19.8 Å². The van der Waals surface area contributed by atoms with E-state index in [9.17, 15) is 4.79 Å². The van der Waals surface area contributed by atoms with Gasteiger partial charge in [0.25, 0.3) is 5.22 Å². The Labute approximate surface area is 116 Å². The minimum atomic E-state index is -0.295. The Balaban J connectivity index is 1.86. The number of hydrogen-bond donors (Lipinski definition) is 0. The first-order chi connectivity index (χ1) is 9.11. The van der Waals surface area contributed by atoms with Crippen molar-refractivity contribution in [3.8, 4) is 6.07 Å². The molecule has 102 valence electrons. The fourth-order valence-electron chi connectivity index (χ4n) is 1.60. The number of aromatic nitrogens is 2. The molecule has 0 bridgehead atoms. The molecule has 6 nitrogen and oxygen atoms in total. The van der Waals surface area contributed by atoms with Gasteiger partial charge >= 0.3 is 0 Å². The van der Waals surface area contributed by atoms with Crippen molar-refractivity contribution in [2.24, 2.45) is 0 Å². The summed E-state index contributed by atoms with van der Waals surface area (Å²) in [5.41, 5.74) is 0. The highest BCUT2D eigenvalue weighted by molar-refractivity contribution is 8.00. The lowest BCUT2D eigenvalue weighted by Gasteiger charge is -2.18. The van der Waals surface area contributed by atoms with E-state index in [-0.39, 0.29) is 11.2 Å². The maximum absolute atomic E-state index is 12.0. The van der Waals surface area contributed by atoms with Gasteiger partial charge in [0.15, 0.2) is 0 Å². The molecule has 0 aliphatic heterocycles. The second kappa shape index (κ2) is 6.06. The molecule has 1 aliphatic carbocycles. The van der Waals surface area contributed by atoms with Crippen LogP contribution in [-0.2, 0) is 4.79 Å². The van der Waals surface area contributed by atoms with Gasteiger partial charge in [0.05, 0.1) is 17.7 Å². The molecule has 1 saturated carbocycles. The van der Waals surface area contributed by atoms with Crippen molar-refractivity contribution in [3.63, 3.8) is 0 Å². The molecule has 1 fully saturated rings. The molecular formula is C12H16N4O2S. The SMILES string of the molecule is C[C@@H](Sc1nnc(C2CC2)o1)C(=O)N(C)CCC#N. The maximum atomic E-state index is 12.0. The number of carbonyl (C=O) groups is 1. The lowest BCUT2D eigenvalue weighted by Crippen LogP contribution is -2.33. The second-order valence-electron chi connectivity index (χ2n) is 4.61. The van der Waals surface area contributed by atoms with Gasteiger partial charge in [-0.3, -0.25) is 4.79 Å². The van der Waals surface area contributed by atoms with Crippen molar-refractivity contribution < 1.29 is 9.21 Å². The first-order valence-corrected chi connectivity index (χ1v) is 7.11. The van der Waals surface area contributed by atoms with Crippen LogP contribution in [0.2, 0.25) is 0 Å². The second-order valence-corrected chi connectivity index (χ2v) is 5.90. The molecule has 1 amide bonds. The van der Waals surface area contributed by atoms with E-state index in [1.807, 2.05) is 6.07 Å². The number of thioether (sulfide) groups is 1. The van der Waals surface area contributed by atoms with E-state index in [1.54, 1.807) is 18.9 Å². The zero-order chi connectivity index (χ0) is 13.8. The molecule has 1 heterocycles. The van der Waals surface area contributed by atoms with Crippen LogP contribution in [0.25, 0.3) is 0 Å². The van der Waals surface area contributed by atoms with Crippen molar-refractivity contribution in [3.05, 3.63) is 5.89 Å². The van der Waals surface area contributed by atoms with Gasteiger partial charge in [-0.1, -0.05) is 11.8 Å². The first kappa shape index (κ1) is 13.9. The smallest absolute Gasteiger partial charge is 0.277 e. The Morgan fingerprint density at radius 2 is 2.37 bits per heavy atom.